The number of hydrogen-bond acceptors (Lipinski definition) is 1. The predicted molar refractivity (Wildman–Crippen MR) is 124 cm³/mol. The molecule has 6 rings (SSSR count). The molecule has 0 fully saturated rings. The minimum absolute atomic E-state index is 0.666. The largest absolute Gasteiger partial charge is 0.472 e. The molecule has 1 aliphatic rings. The van der Waals surface area contributed by atoms with E-state index < -0.39 is 5.60 Å². The number of ether oxygens (including phenoxy) is 1. The first-order chi connectivity index (χ1) is 14.8. The highest BCUT2D eigenvalue weighted by molar-refractivity contribution is 6.12. The highest BCUT2D eigenvalue weighted by Gasteiger charge is 2.37. The highest BCUT2D eigenvalue weighted by atomic mass is 16.5. The lowest BCUT2D eigenvalue weighted by atomic mass is 9.83. The van der Waals surface area contributed by atoms with E-state index in [2.05, 4.69) is 109 Å². The maximum absolute atomic E-state index is 7.03. The molecule has 0 saturated heterocycles. The van der Waals surface area contributed by atoms with Crippen LogP contribution in [0.1, 0.15) is 16.7 Å². The Morgan fingerprint density at radius 3 is 2.00 bits per heavy atom. The van der Waals surface area contributed by atoms with Gasteiger partial charge in [-0.05, 0) is 24.3 Å². The summed E-state index contributed by atoms with van der Waals surface area (Å²) < 4.78 is 9.28. The molecule has 30 heavy (non-hydrogen) atoms. The fourth-order valence-corrected chi connectivity index (χ4v) is 4.73. The standard InChI is InChI=1S/C28H21NO/c1-29-24-15-9-8-14-23(24)26-25(29)17-16-20-18-19-28(30-27(20)26,21-10-4-2-5-11-21)22-12-6-3-7-13-22/h2-19H,1H3. The summed E-state index contributed by atoms with van der Waals surface area (Å²) in [6, 6.07) is 33.9. The Labute approximate surface area is 175 Å². The van der Waals surface area contributed by atoms with E-state index in [9.17, 15) is 0 Å². The van der Waals surface area contributed by atoms with Crippen molar-refractivity contribution < 1.29 is 4.74 Å². The Balaban J connectivity index is 1.68. The second-order valence-corrected chi connectivity index (χ2v) is 7.86. The third-order valence-corrected chi connectivity index (χ3v) is 6.23. The molecule has 0 atom stereocenters. The van der Waals surface area contributed by atoms with Crippen molar-refractivity contribution in [2.75, 3.05) is 0 Å². The lowest BCUT2D eigenvalue weighted by Gasteiger charge is -2.36. The molecule has 2 nitrogen and oxygen atoms in total. The van der Waals surface area contributed by atoms with Crippen LogP contribution in [-0.4, -0.2) is 4.57 Å². The molecule has 2 heterocycles. The molecular formula is C28H21NO. The average molecular weight is 387 g/mol. The van der Waals surface area contributed by atoms with Crippen molar-refractivity contribution in [3.05, 3.63) is 120 Å². The molecule has 0 amide bonds. The Bertz CT molecular complexity index is 1370. The minimum Gasteiger partial charge on any atom is -0.472 e. The van der Waals surface area contributed by atoms with Gasteiger partial charge in [-0.2, -0.15) is 0 Å². The molecule has 0 N–H and O–H groups in total. The normalized spacial score (nSPS) is 14.6. The number of benzene rings is 4. The van der Waals surface area contributed by atoms with E-state index in [1.807, 2.05) is 12.1 Å². The molecule has 0 spiro atoms. The van der Waals surface area contributed by atoms with E-state index in [0.29, 0.717) is 0 Å². The van der Waals surface area contributed by atoms with Gasteiger partial charge in [0.15, 0.2) is 5.60 Å². The quantitative estimate of drug-likeness (QED) is 0.329. The van der Waals surface area contributed by atoms with Crippen LogP contribution in [-0.2, 0) is 12.6 Å². The van der Waals surface area contributed by atoms with Gasteiger partial charge in [-0.15, -0.1) is 0 Å². The molecule has 0 saturated carbocycles. The Morgan fingerprint density at radius 1 is 0.667 bits per heavy atom. The first-order valence-electron chi connectivity index (χ1n) is 10.3. The van der Waals surface area contributed by atoms with E-state index in [-0.39, 0.29) is 0 Å². The monoisotopic (exact) mass is 387 g/mol. The summed E-state index contributed by atoms with van der Waals surface area (Å²) >= 11 is 0. The minimum atomic E-state index is -0.666. The van der Waals surface area contributed by atoms with Gasteiger partial charge in [0, 0.05) is 34.6 Å². The van der Waals surface area contributed by atoms with Crippen molar-refractivity contribution in [2.45, 2.75) is 5.60 Å². The van der Waals surface area contributed by atoms with Crippen LogP contribution in [0.5, 0.6) is 5.75 Å². The zero-order valence-electron chi connectivity index (χ0n) is 16.7. The van der Waals surface area contributed by atoms with Gasteiger partial charge in [0.05, 0.1) is 10.9 Å². The highest BCUT2D eigenvalue weighted by Crippen LogP contribution is 2.47. The predicted octanol–water partition coefficient (Wildman–Crippen LogP) is 6.68. The molecule has 2 heteroatoms. The first-order valence-corrected chi connectivity index (χ1v) is 10.3. The van der Waals surface area contributed by atoms with Crippen LogP contribution < -0.4 is 4.74 Å². The summed E-state index contributed by atoms with van der Waals surface area (Å²) in [5, 5.41) is 2.39. The van der Waals surface area contributed by atoms with Gasteiger partial charge in [-0.1, -0.05) is 84.9 Å². The van der Waals surface area contributed by atoms with Crippen LogP contribution in [0.4, 0.5) is 0 Å². The van der Waals surface area contributed by atoms with E-state index >= 15 is 0 Å². The molecule has 0 unspecified atom stereocenters. The fourth-order valence-electron chi connectivity index (χ4n) is 4.73. The number of para-hydroxylation sites is 1. The van der Waals surface area contributed by atoms with Gasteiger partial charge in [0.2, 0.25) is 0 Å². The number of hydrogen-bond donors (Lipinski definition) is 0. The van der Waals surface area contributed by atoms with Crippen molar-refractivity contribution in [1.82, 2.24) is 4.57 Å². The second-order valence-electron chi connectivity index (χ2n) is 7.86. The molecular weight excluding hydrogens is 366 g/mol. The van der Waals surface area contributed by atoms with Crippen molar-refractivity contribution in [1.29, 1.82) is 0 Å². The summed E-state index contributed by atoms with van der Waals surface area (Å²) in [5.74, 6) is 0.944. The van der Waals surface area contributed by atoms with Gasteiger partial charge in [-0.25, -0.2) is 0 Å². The molecule has 4 aromatic carbocycles. The van der Waals surface area contributed by atoms with Crippen LogP contribution in [0.15, 0.2) is 103 Å². The molecule has 0 radical (unpaired) electrons. The number of aromatic nitrogens is 1. The Kier molecular flexibility index (Phi) is 3.63. The molecule has 0 aliphatic carbocycles. The zero-order valence-corrected chi connectivity index (χ0v) is 16.7. The summed E-state index contributed by atoms with van der Waals surface area (Å²) in [4.78, 5) is 0. The van der Waals surface area contributed by atoms with Crippen molar-refractivity contribution >= 4 is 27.9 Å². The first kappa shape index (κ1) is 17.1. The summed E-state index contributed by atoms with van der Waals surface area (Å²) in [6.07, 6.45) is 4.40. The molecule has 1 aromatic heterocycles. The van der Waals surface area contributed by atoms with Crippen molar-refractivity contribution in [3.8, 4) is 5.75 Å². The zero-order chi connectivity index (χ0) is 20.1. The molecule has 144 valence electrons. The van der Waals surface area contributed by atoms with E-state index in [0.717, 1.165) is 22.4 Å². The van der Waals surface area contributed by atoms with Gasteiger partial charge in [0.25, 0.3) is 0 Å². The lowest BCUT2D eigenvalue weighted by molar-refractivity contribution is 0.164. The Morgan fingerprint density at radius 2 is 1.30 bits per heavy atom. The van der Waals surface area contributed by atoms with E-state index in [1.165, 1.54) is 21.8 Å². The maximum atomic E-state index is 7.03. The van der Waals surface area contributed by atoms with Crippen LogP contribution >= 0.6 is 0 Å². The number of rotatable bonds is 2. The molecule has 5 aromatic rings. The fraction of sp³-hybridized carbons (Fsp3) is 0.0714. The number of nitrogens with zero attached hydrogens (tertiary/aromatic N) is 1. The van der Waals surface area contributed by atoms with Crippen LogP contribution in [0.3, 0.4) is 0 Å². The second kappa shape index (κ2) is 6.36. The Hall–Kier alpha value is -3.78. The van der Waals surface area contributed by atoms with Crippen molar-refractivity contribution in [3.63, 3.8) is 0 Å². The number of fused-ring (bicyclic) bond motifs is 5. The van der Waals surface area contributed by atoms with Crippen LogP contribution in [0.25, 0.3) is 27.9 Å². The van der Waals surface area contributed by atoms with E-state index in [4.69, 9.17) is 4.74 Å². The average Bonchev–Trinajstić information content (AvgIpc) is 3.12. The van der Waals surface area contributed by atoms with Gasteiger partial charge < -0.3 is 9.30 Å². The van der Waals surface area contributed by atoms with Gasteiger partial charge in [0.1, 0.15) is 5.75 Å². The topological polar surface area (TPSA) is 14.2 Å². The summed E-state index contributed by atoms with van der Waals surface area (Å²) in [7, 11) is 2.12. The lowest BCUT2D eigenvalue weighted by Crippen LogP contribution is -2.34. The summed E-state index contributed by atoms with van der Waals surface area (Å²) in [5.41, 5.74) is 5.08. The van der Waals surface area contributed by atoms with Gasteiger partial charge in [-0.3, -0.25) is 0 Å². The van der Waals surface area contributed by atoms with E-state index in [1.54, 1.807) is 0 Å². The van der Waals surface area contributed by atoms with Crippen LogP contribution in [0, 0.1) is 0 Å². The molecule has 1 aliphatic heterocycles. The third-order valence-electron chi connectivity index (χ3n) is 6.23. The third kappa shape index (κ3) is 2.31. The summed E-state index contributed by atoms with van der Waals surface area (Å²) in [6.45, 7) is 0. The van der Waals surface area contributed by atoms with Crippen LogP contribution in [0.2, 0.25) is 0 Å². The van der Waals surface area contributed by atoms with Crippen molar-refractivity contribution in [2.24, 2.45) is 7.05 Å². The number of aryl methyl sites for hydroxylation is 1. The molecule has 0 bridgehead atoms. The maximum Gasteiger partial charge on any atom is 0.178 e. The SMILES string of the molecule is Cn1c2ccccc2c2c3c(ccc21)C=CC(c1ccccc1)(c1ccccc1)O3. The smallest absolute Gasteiger partial charge is 0.178 e. The van der Waals surface area contributed by atoms with Gasteiger partial charge >= 0.3 is 0 Å².